The van der Waals surface area contributed by atoms with Crippen molar-refractivity contribution in [2.75, 3.05) is 0 Å². The zero-order chi connectivity index (χ0) is 18.5. The molecule has 0 radical (unpaired) electrons. The van der Waals surface area contributed by atoms with Crippen molar-refractivity contribution >= 4 is 5.91 Å². The van der Waals surface area contributed by atoms with Gasteiger partial charge in [-0.05, 0) is 39.0 Å². The van der Waals surface area contributed by atoms with Crippen molar-refractivity contribution in [2.24, 2.45) is 0 Å². The summed E-state index contributed by atoms with van der Waals surface area (Å²) in [5.74, 6) is 2.05. The topological polar surface area (TPSA) is 82.2 Å². The SMILES string of the molecule is CCn1cnnc1[C@@H](C)NC(=O)c1oc(COc2ccccc2)cc1C. The first-order valence-corrected chi connectivity index (χ1v) is 8.54. The van der Waals surface area contributed by atoms with Crippen molar-refractivity contribution in [1.29, 1.82) is 0 Å². The number of aryl methyl sites for hydroxylation is 2. The van der Waals surface area contributed by atoms with Gasteiger partial charge >= 0.3 is 0 Å². The average molecular weight is 354 g/mol. The molecule has 0 aliphatic rings. The highest BCUT2D eigenvalue weighted by Crippen LogP contribution is 2.19. The molecule has 2 aromatic heterocycles. The molecule has 26 heavy (non-hydrogen) atoms. The second-order valence-electron chi connectivity index (χ2n) is 6.00. The van der Waals surface area contributed by atoms with Crippen molar-refractivity contribution in [2.45, 2.75) is 40.0 Å². The maximum atomic E-state index is 12.6. The third-order valence-corrected chi connectivity index (χ3v) is 4.02. The molecular formula is C19H22N4O3. The highest BCUT2D eigenvalue weighted by Gasteiger charge is 2.21. The van der Waals surface area contributed by atoms with E-state index < -0.39 is 0 Å². The molecule has 7 nitrogen and oxygen atoms in total. The van der Waals surface area contributed by atoms with Gasteiger partial charge in [0.1, 0.15) is 24.4 Å². The van der Waals surface area contributed by atoms with E-state index in [1.807, 2.05) is 61.7 Å². The largest absolute Gasteiger partial charge is 0.486 e. The van der Waals surface area contributed by atoms with Crippen molar-refractivity contribution < 1.29 is 13.9 Å². The Morgan fingerprint density at radius 3 is 2.85 bits per heavy atom. The Bertz CT molecular complexity index is 870. The molecule has 1 amide bonds. The van der Waals surface area contributed by atoms with Crippen LogP contribution in [0.25, 0.3) is 0 Å². The van der Waals surface area contributed by atoms with Crippen molar-refractivity contribution in [3.05, 3.63) is 65.6 Å². The first-order valence-electron chi connectivity index (χ1n) is 8.54. The zero-order valence-electron chi connectivity index (χ0n) is 15.1. The number of aromatic nitrogens is 3. The van der Waals surface area contributed by atoms with E-state index in [0.29, 0.717) is 11.6 Å². The van der Waals surface area contributed by atoms with Crippen LogP contribution in [0.3, 0.4) is 0 Å². The Kier molecular flexibility index (Phi) is 5.36. The minimum atomic E-state index is -0.286. The summed E-state index contributed by atoms with van der Waals surface area (Å²) in [6.07, 6.45) is 1.65. The van der Waals surface area contributed by atoms with E-state index in [-0.39, 0.29) is 24.3 Å². The van der Waals surface area contributed by atoms with Gasteiger partial charge in [0.25, 0.3) is 5.91 Å². The van der Waals surface area contributed by atoms with Crippen LogP contribution in [0.5, 0.6) is 5.75 Å². The van der Waals surface area contributed by atoms with Crippen LogP contribution in [0.4, 0.5) is 0 Å². The molecule has 0 saturated heterocycles. The molecular weight excluding hydrogens is 332 g/mol. The fourth-order valence-corrected chi connectivity index (χ4v) is 2.69. The fourth-order valence-electron chi connectivity index (χ4n) is 2.69. The van der Waals surface area contributed by atoms with Crippen molar-refractivity contribution in [3.8, 4) is 5.75 Å². The Morgan fingerprint density at radius 2 is 2.12 bits per heavy atom. The number of rotatable bonds is 7. The number of amides is 1. The van der Waals surface area contributed by atoms with Gasteiger partial charge in [0.15, 0.2) is 11.6 Å². The van der Waals surface area contributed by atoms with Gasteiger partial charge in [0.2, 0.25) is 0 Å². The average Bonchev–Trinajstić information content (AvgIpc) is 3.27. The molecule has 7 heteroatoms. The van der Waals surface area contributed by atoms with Gasteiger partial charge in [0.05, 0.1) is 6.04 Å². The summed E-state index contributed by atoms with van der Waals surface area (Å²) < 4.78 is 13.2. The summed E-state index contributed by atoms with van der Waals surface area (Å²) in [7, 11) is 0. The van der Waals surface area contributed by atoms with Gasteiger partial charge < -0.3 is 19.0 Å². The number of carbonyl (C=O) groups excluding carboxylic acids is 1. The maximum Gasteiger partial charge on any atom is 0.287 e. The second kappa shape index (κ2) is 7.86. The van der Waals surface area contributed by atoms with E-state index >= 15 is 0 Å². The standard InChI is InChI=1S/C19H22N4O3/c1-4-23-12-20-22-18(23)14(3)21-19(24)17-13(2)10-16(26-17)11-25-15-8-6-5-7-9-15/h5-10,12,14H,4,11H2,1-3H3,(H,21,24)/t14-/m1/s1. The second-order valence-corrected chi connectivity index (χ2v) is 6.00. The van der Waals surface area contributed by atoms with E-state index in [0.717, 1.165) is 17.9 Å². The molecule has 3 rings (SSSR count). The third kappa shape index (κ3) is 3.93. The highest BCUT2D eigenvalue weighted by molar-refractivity contribution is 5.93. The number of hydrogen-bond acceptors (Lipinski definition) is 5. The number of ether oxygens (including phenoxy) is 1. The van der Waals surface area contributed by atoms with E-state index in [1.54, 1.807) is 6.33 Å². The summed E-state index contributed by atoms with van der Waals surface area (Å²) in [6, 6.07) is 11.0. The molecule has 3 aromatic rings. The molecule has 0 unspecified atom stereocenters. The monoisotopic (exact) mass is 354 g/mol. The number of benzene rings is 1. The summed E-state index contributed by atoms with van der Waals surface area (Å²) in [5, 5.41) is 10.9. The minimum Gasteiger partial charge on any atom is -0.486 e. The van der Waals surface area contributed by atoms with Crippen molar-refractivity contribution in [1.82, 2.24) is 20.1 Å². The molecule has 2 heterocycles. The molecule has 1 aromatic carbocycles. The number of furan rings is 1. The number of nitrogens with one attached hydrogen (secondary N) is 1. The van der Waals surface area contributed by atoms with Gasteiger partial charge in [-0.15, -0.1) is 10.2 Å². The van der Waals surface area contributed by atoms with Crippen LogP contribution in [0.1, 0.15) is 47.6 Å². The molecule has 1 atom stereocenters. The Morgan fingerprint density at radius 1 is 1.35 bits per heavy atom. The van der Waals surface area contributed by atoms with E-state index in [9.17, 15) is 4.79 Å². The predicted molar refractivity (Wildman–Crippen MR) is 95.8 cm³/mol. The lowest BCUT2D eigenvalue weighted by atomic mass is 10.2. The molecule has 0 spiro atoms. The van der Waals surface area contributed by atoms with Gasteiger partial charge in [-0.3, -0.25) is 4.79 Å². The molecule has 1 N–H and O–H groups in total. The molecule has 0 bridgehead atoms. The Labute approximate surface area is 152 Å². The lowest BCUT2D eigenvalue weighted by Crippen LogP contribution is -2.28. The van der Waals surface area contributed by atoms with E-state index in [2.05, 4.69) is 15.5 Å². The quantitative estimate of drug-likeness (QED) is 0.704. The number of para-hydroxylation sites is 1. The van der Waals surface area contributed by atoms with Gasteiger partial charge in [0, 0.05) is 12.1 Å². The van der Waals surface area contributed by atoms with Crippen LogP contribution in [0.15, 0.2) is 47.1 Å². The minimum absolute atomic E-state index is 0.262. The lowest BCUT2D eigenvalue weighted by molar-refractivity contribution is 0.0904. The van der Waals surface area contributed by atoms with Crippen LogP contribution in [0, 0.1) is 6.92 Å². The third-order valence-electron chi connectivity index (χ3n) is 4.02. The van der Waals surface area contributed by atoms with Crippen molar-refractivity contribution in [3.63, 3.8) is 0 Å². The molecule has 0 saturated carbocycles. The molecule has 0 fully saturated rings. The zero-order valence-corrected chi connectivity index (χ0v) is 15.1. The first-order chi connectivity index (χ1) is 12.6. The number of nitrogens with zero attached hydrogens (tertiary/aromatic N) is 3. The van der Waals surface area contributed by atoms with E-state index in [1.165, 1.54) is 0 Å². The van der Waals surface area contributed by atoms with Gasteiger partial charge in [-0.2, -0.15) is 0 Å². The van der Waals surface area contributed by atoms with Crippen LogP contribution in [-0.2, 0) is 13.2 Å². The predicted octanol–water partition coefficient (Wildman–Crippen LogP) is 3.27. The smallest absolute Gasteiger partial charge is 0.287 e. The van der Waals surface area contributed by atoms with Gasteiger partial charge in [-0.1, -0.05) is 18.2 Å². The van der Waals surface area contributed by atoms with Crippen LogP contribution < -0.4 is 10.1 Å². The summed E-state index contributed by atoms with van der Waals surface area (Å²) >= 11 is 0. The summed E-state index contributed by atoms with van der Waals surface area (Å²) in [4.78, 5) is 12.6. The Hall–Kier alpha value is -3.09. The van der Waals surface area contributed by atoms with Gasteiger partial charge in [-0.25, -0.2) is 0 Å². The highest BCUT2D eigenvalue weighted by atomic mass is 16.5. The van der Waals surface area contributed by atoms with Crippen LogP contribution in [0.2, 0.25) is 0 Å². The molecule has 136 valence electrons. The number of carbonyl (C=O) groups is 1. The lowest BCUT2D eigenvalue weighted by Gasteiger charge is -2.13. The van der Waals surface area contributed by atoms with E-state index in [4.69, 9.17) is 9.15 Å². The summed E-state index contributed by atoms with van der Waals surface area (Å²) in [6.45, 7) is 6.70. The Balaban J connectivity index is 1.65. The van der Waals surface area contributed by atoms with Crippen LogP contribution >= 0.6 is 0 Å². The molecule has 0 aliphatic heterocycles. The fraction of sp³-hybridized carbons (Fsp3) is 0.316. The first kappa shape index (κ1) is 17.7. The normalized spacial score (nSPS) is 12.0. The molecule has 0 aliphatic carbocycles. The maximum absolute atomic E-state index is 12.6. The number of hydrogen-bond donors (Lipinski definition) is 1. The summed E-state index contributed by atoms with van der Waals surface area (Å²) in [5.41, 5.74) is 0.762. The van der Waals surface area contributed by atoms with Crippen LogP contribution in [-0.4, -0.2) is 20.7 Å².